The first-order chi connectivity index (χ1) is 8.19. The molecule has 0 saturated heterocycles. The predicted octanol–water partition coefficient (Wildman–Crippen LogP) is 4.74. The van der Waals surface area contributed by atoms with Gasteiger partial charge in [-0.2, -0.15) is 0 Å². The molecule has 0 aliphatic rings. The Bertz CT molecular complexity index is 524. The van der Waals surface area contributed by atoms with Crippen molar-refractivity contribution >= 4 is 6.08 Å². The molecule has 0 bridgehead atoms. The Hall–Kier alpha value is -2.02. The fourth-order valence-electron chi connectivity index (χ4n) is 1.62. The van der Waals surface area contributed by atoms with Crippen LogP contribution in [0.4, 0.5) is 0 Å². The summed E-state index contributed by atoms with van der Waals surface area (Å²) in [6.45, 7) is 7.84. The summed E-state index contributed by atoms with van der Waals surface area (Å²) in [6, 6.07) is 14.1. The van der Waals surface area contributed by atoms with Gasteiger partial charge in [0.05, 0.1) is 0 Å². The van der Waals surface area contributed by atoms with E-state index in [1.54, 1.807) is 0 Å². The van der Waals surface area contributed by atoms with Gasteiger partial charge in [-0.3, -0.25) is 0 Å². The summed E-state index contributed by atoms with van der Waals surface area (Å²) in [6.07, 6.45) is 1.82. The topological polar surface area (TPSA) is 9.23 Å². The van der Waals surface area contributed by atoms with Crippen molar-refractivity contribution in [2.45, 2.75) is 13.8 Å². The van der Waals surface area contributed by atoms with Crippen LogP contribution < -0.4 is 4.74 Å². The van der Waals surface area contributed by atoms with Crippen LogP contribution in [0, 0.1) is 13.8 Å². The van der Waals surface area contributed by atoms with Crippen molar-refractivity contribution in [2.24, 2.45) is 0 Å². The molecule has 0 aliphatic heterocycles. The third-order valence-electron chi connectivity index (χ3n) is 2.69. The van der Waals surface area contributed by atoms with E-state index in [1.165, 1.54) is 5.56 Å². The smallest absolute Gasteiger partial charge is 0.130 e. The van der Waals surface area contributed by atoms with Gasteiger partial charge in [-0.1, -0.05) is 36.9 Å². The molecule has 0 amide bonds. The second kappa shape index (κ2) is 4.88. The van der Waals surface area contributed by atoms with Gasteiger partial charge in [-0.25, -0.2) is 0 Å². The van der Waals surface area contributed by atoms with E-state index in [0.29, 0.717) is 0 Å². The summed E-state index contributed by atoms with van der Waals surface area (Å²) in [5, 5.41) is 0. The highest BCUT2D eigenvalue weighted by atomic mass is 16.5. The zero-order valence-electron chi connectivity index (χ0n) is 10.2. The lowest BCUT2D eigenvalue weighted by Crippen LogP contribution is -1.88. The Balaban J connectivity index is 2.24. The zero-order valence-corrected chi connectivity index (χ0v) is 10.2. The van der Waals surface area contributed by atoms with E-state index >= 15 is 0 Å². The van der Waals surface area contributed by atoms with Crippen molar-refractivity contribution in [3.63, 3.8) is 0 Å². The molecule has 0 N–H and O–H groups in total. The molecule has 0 aliphatic carbocycles. The number of ether oxygens (including phenoxy) is 1. The maximum Gasteiger partial charge on any atom is 0.130 e. The van der Waals surface area contributed by atoms with E-state index in [2.05, 4.69) is 31.7 Å². The van der Waals surface area contributed by atoms with Crippen LogP contribution in [0.3, 0.4) is 0 Å². The van der Waals surface area contributed by atoms with Crippen LogP contribution in [0.2, 0.25) is 0 Å². The van der Waals surface area contributed by atoms with Crippen molar-refractivity contribution in [1.29, 1.82) is 0 Å². The molecule has 0 aromatic heterocycles. The van der Waals surface area contributed by atoms with E-state index in [-0.39, 0.29) is 0 Å². The molecule has 0 fully saturated rings. The Morgan fingerprint density at radius 1 is 1.00 bits per heavy atom. The van der Waals surface area contributed by atoms with Gasteiger partial charge < -0.3 is 4.74 Å². The quantitative estimate of drug-likeness (QED) is 0.731. The third-order valence-corrected chi connectivity index (χ3v) is 2.69. The van der Waals surface area contributed by atoms with Crippen LogP contribution >= 0.6 is 0 Å². The number of aryl methyl sites for hydroxylation is 2. The largest absolute Gasteiger partial charge is 0.457 e. The highest BCUT2D eigenvalue weighted by Gasteiger charge is 2.01. The minimum Gasteiger partial charge on any atom is -0.457 e. The second-order valence-electron chi connectivity index (χ2n) is 4.14. The van der Waals surface area contributed by atoms with Crippen LogP contribution in [-0.2, 0) is 0 Å². The number of rotatable bonds is 3. The number of benzene rings is 2. The van der Waals surface area contributed by atoms with E-state index < -0.39 is 0 Å². The minimum absolute atomic E-state index is 0.851. The Labute approximate surface area is 102 Å². The lowest BCUT2D eigenvalue weighted by molar-refractivity contribution is 0.478. The van der Waals surface area contributed by atoms with Crippen LogP contribution in [0.1, 0.15) is 16.7 Å². The zero-order chi connectivity index (χ0) is 12.3. The molecule has 0 saturated carbocycles. The molecule has 0 radical (unpaired) electrons. The maximum absolute atomic E-state index is 5.86. The molecule has 2 aromatic carbocycles. The van der Waals surface area contributed by atoms with E-state index in [1.807, 2.05) is 37.3 Å². The monoisotopic (exact) mass is 224 g/mol. The molecule has 2 rings (SSSR count). The predicted molar refractivity (Wildman–Crippen MR) is 72.5 cm³/mol. The molecule has 1 nitrogen and oxygen atoms in total. The van der Waals surface area contributed by atoms with Gasteiger partial charge in [0.15, 0.2) is 0 Å². The molecular formula is C16H16O. The van der Waals surface area contributed by atoms with Crippen LogP contribution in [0.25, 0.3) is 6.08 Å². The third kappa shape index (κ3) is 2.76. The second-order valence-corrected chi connectivity index (χ2v) is 4.14. The molecular weight excluding hydrogens is 208 g/mol. The van der Waals surface area contributed by atoms with Gasteiger partial charge in [-0.15, -0.1) is 0 Å². The average Bonchev–Trinajstić information content (AvgIpc) is 2.35. The van der Waals surface area contributed by atoms with Gasteiger partial charge in [-0.05, 0) is 48.7 Å². The minimum atomic E-state index is 0.851. The molecule has 17 heavy (non-hydrogen) atoms. The normalized spacial score (nSPS) is 10.0. The highest BCUT2D eigenvalue weighted by Crippen LogP contribution is 2.26. The summed E-state index contributed by atoms with van der Waals surface area (Å²) in [7, 11) is 0. The average molecular weight is 224 g/mol. The molecule has 0 atom stereocenters. The first-order valence-electron chi connectivity index (χ1n) is 5.66. The molecule has 2 aromatic rings. The van der Waals surface area contributed by atoms with Crippen LogP contribution in [0.5, 0.6) is 11.5 Å². The Morgan fingerprint density at radius 3 is 2.35 bits per heavy atom. The molecule has 1 heteroatoms. The van der Waals surface area contributed by atoms with Gasteiger partial charge in [0.25, 0.3) is 0 Å². The van der Waals surface area contributed by atoms with Gasteiger partial charge in [0.2, 0.25) is 0 Å². The summed E-state index contributed by atoms with van der Waals surface area (Å²) in [4.78, 5) is 0. The Kier molecular flexibility index (Phi) is 3.29. The summed E-state index contributed by atoms with van der Waals surface area (Å²) in [5.41, 5.74) is 3.44. The summed E-state index contributed by atoms with van der Waals surface area (Å²) < 4.78 is 5.86. The van der Waals surface area contributed by atoms with Crippen molar-refractivity contribution < 1.29 is 4.74 Å². The van der Waals surface area contributed by atoms with Crippen LogP contribution in [0.15, 0.2) is 49.0 Å². The first kappa shape index (κ1) is 11.5. The SMILES string of the molecule is C=Cc1ccc(Oc2cc(C)ccc2C)cc1. The maximum atomic E-state index is 5.86. The fraction of sp³-hybridized carbons (Fsp3) is 0.125. The summed E-state index contributed by atoms with van der Waals surface area (Å²) >= 11 is 0. The molecule has 0 spiro atoms. The van der Waals surface area contributed by atoms with Gasteiger partial charge in [0.1, 0.15) is 11.5 Å². The number of hydrogen-bond donors (Lipinski definition) is 0. The first-order valence-corrected chi connectivity index (χ1v) is 5.66. The molecule has 86 valence electrons. The fourth-order valence-corrected chi connectivity index (χ4v) is 1.62. The Morgan fingerprint density at radius 2 is 1.71 bits per heavy atom. The highest BCUT2D eigenvalue weighted by molar-refractivity contribution is 5.49. The lowest BCUT2D eigenvalue weighted by atomic mass is 10.1. The van der Waals surface area contributed by atoms with Crippen molar-refractivity contribution in [3.05, 3.63) is 65.7 Å². The van der Waals surface area contributed by atoms with E-state index in [9.17, 15) is 0 Å². The van der Waals surface area contributed by atoms with E-state index in [4.69, 9.17) is 4.74 Å². The molecule has 0 unspecified atom stereocenters. The summed E-state index contributed by atoms with van der Waals surface area (Å²) in [5.74, 6) is 1.76. The van der Waals surface area contributed by atoms with Crippen molar-refractivity contribution in [1.82, 2.24) is 0 Å². The lowest BCUT2D eigenvalue weighted by Gasteiger charge is -2.09. The van der Waals surface area contributed by atoms with Crippen molar-refractivity contribution in [3.8, 4) is 11.5 Å². The van der Waals surface area contributed by atoms with Crippen LogP contribution in [-0.4, -0.2) is 0 Å². The van der Waals surface area contributed by atoms with Gasteiger partial charge >= 0.3 is 0 Å². The van der Waals surface area contributed by atoms with E-state index in [0.717, 1.165) is 22.6 Å². The number of hydrogen-bond acceptors (Lipinski definition) is 1. The van der Waals surface area contributed by atoms with Crippen molar-refractivity contribution in [2.75, 3.05) is 0 Å². The standard InChI is InChI=1S/C16H16O/c1-4-14-7-9-15(10-8-14)17-16-11-12(2)5-6-13(16)3/h4-11H,1H2,2-3H3. The van der Waals surface area contributed by atoms with Gasteiger partial charge in [0, 0.05) is 0 Å². The molecule has 0 heterocycles.